The van der Waals surface area contributed by atoms with E-state index in [0.717, 1.165) is 54.0 Å². The zero-order chi connectivity index (χ0) is 19.4. The fourth-order valence-electron chi connectivity index (χ4n) is 3.85. The van der Waals surface area contributed by atoms with E-state index in [1.54, 1.807) is 0 Å². The molecule has 1 aromatic carbocycles. The van der Waals surface area contributed by atoms with Crippen molar-refractivity contribution in [2.75, 3.05) is 0 Å². The Kier molecular flexibility index (Phi) is 6.32. The molecule has 1 fully saturated rings. The van der Waals surface area contributed by atoms with Crippen LogP contribution in [0.3, 0.4) is 0 Å². The third kappa shape index (κ3) is 4.78. The van der Waals surface area contributed by atoms with Crippen LogP contribution >= 0.6 is 0 Å². The second kappa shape index (κ2) is 8.70. The summed E-state index contributed by atoms with van der Waals surface area (Å²) in [4.78, 5) is 12.4. The van der Waals surface area contributed by atoms with Crippen molar-refractivity contribution in [1.29, 1.82) is 0 Å². The number of ether oxygens (including phenoxy) is 1. The Labute approximate surface area is 161 Å². The molecule has 1 aliphatic rings. The average molecular weight is 370 g/mol. The molecule has 146 valence electrons. The number of aryl methyl sites for hydroxylation is 1. The van der Waals surface area contributed by atoms with Crippen molar-refractivity contribution in [2.45, 2.75) is 65.5 Å². The number of nitrogens with two attached hydrogens (primary N) is 1. The van der Waals surface area contributed by atoms with Crippen molar-refractivity contribution in [3.8, 4) is 17.1 Å². The first-order valence-corrected chi connectivity index (χ1v) is 9.93. The van der Waals surface area contributed by atoms with E-state index >= 15 is 0 Å². The van der Waals surface area contributed by atoms with Gasteiger partial charge in [-0.3, -0.25) is 4.79 Å². The molecule has 3 rings (SSSR count). The van der Waals surface area contributed by atoms with Crippen LogP contribution in [0.25, 0.3) is 11.3 Å². The van der Waals surface area contributed by atoms with Gasteiger partial charge in [-0.05, 0) is 62.8 Å². The molecule has 1 aliphatic carbocycles. The van der Waals surface area contributed by atoms with Gasteiger partial charge < -0.3 is 15.0 Å². The van der Waals surface area contributed by atoms with Crippen LogP contribution in [0.5, 0.6) is 5.75 Å². The number of aromatic nitrogens is 1. The van der Waals surface area contributed by atoms with Crippen molar-refractivity contribution >= 4 is 5.78 Å². The summed E-state index contributed by atoms with van der Waals surface area (Å²) in [5.74, 6) is 2.51. The lowest BCUT2D eigenvalue weighted by Gasteiger charge is -2.29. The van der Waals surface area contributed by atoms with Gasteiger partial charge in [-0.1, -0.05) is 19.0 Å². The molecule has 0 bridgehead atoms. The highest BCUT2D eigenvalue weighted by molar-refractivity contribution is 5.81. The minimum atomic E-state index is 0.109. The zero-order valence-electron chi connectivity index (χ0n) is 16.5. The highest BCUT2D eigenvalue weighted by Crippen LogP contribution is 2.31. The van der Waals surface area contributed by atoms with E-state index < -0.39 is 0 Å². The normalized spacial score (nSPS) is 20.0. The number of ketones is 1. The van der Waals surface area contributed by atoms with Crippen LogP contribution in [0.2, 0.25) is 0 Å². The van der Waals surface area contributed by atoms with Gasteiger partial charge in [0.2, 0.25) is 0 Å². The van der Waals surface area contributed by atoms with Crippen LogP contribution in [0.15, 0.2) is 28.8 Å². The first-order valence-electron chi connectivity index (χ1n) is 9.93. The number of benzene rings is 1. The van der Waals surface area contributed by atoms with Gasteiger partial charge >= 0.3 is 0 Å². The van der Waals surface area contributed by atoms with Crippen molar-refractivity contribution in [1.82, 2.24) is 5.16 Å². The van der Waals surface area contributed by atoms with E-state index in [4.69, 9.17) is 15.0 Å². The molecule has 0 saturated heterocycles. The molecular weight excluding hydrogens is 340 g/mol. The Morgan fingerprint density at radius 1 is 1.30 bits per heavy atom. The van der Waals surface area contributed by atoms with Crippen molar-refractivity contribution in [3.63, 3.8) is 0 Å². The number of carbonyl (C=O) groups excluding carboxylic acids is 1. The lowest BCUT2D eigenvalue weighted by atomic mass is 9.82. The van der Waals surface area contributed by atoms with Gasteiger partial charge in [0.05, 0.1) is 11.8 Å². The number of rotatable bonds is 7. The summed E-state index contributed by atoms with van der Waals surface area (Å²) in [5, 5.41) is 4.01. The minimum absolute atomic E-state index is 0.109. The van der Waals surface area contributed by atoms with Gasteiger partial charge in [0.25, 0.3) is 0 Å². The smallest absolute Gasteiger partial charge is 0.171 e. The van der Waals surface area contributed by atoms with Gasteiger partial charge in [0.1, 0.15) is 11.5 Å². The van der Waals surface area contributed by atoms with Gasteiger partial charge in [0, 0.05) is 30.0 Å². The van der Waals surface area contributed by atoms with Gasteiger partial charge in [-0.25, -0.2) is 0 Å². The van der Waals surface area contributed by atoms with E-state index in [0.29, 0.717) is 24.7 Å². The minimum Gasteiger partial charge on any atom is -0.490 e. The molecule has 1 saturated carbocycles. The average Bonchev–Trinajstić information content (AvgIpc) is 3.02. The predicted octanol–water partition coefficient (Wildman–Crippen LogP) is 4.66. The van der Waals surface area contributed by atoms with E-state index in [-0.39, 0.29) is 12.0 Å². The molecule has 0 amide bonds. The van der Waals surface area contributed by atoms with E-state index in [9.17, 15) is 4.79 Å². The molecule has 2 aromatic rings. The molecule has 1 heterocycles. The van der Waals surface area contributed by atoms with Crippen LogP contribution in [-0.2, 0) is 11.3 Å². The zero-order valence-corrected chi connectivity index (χ0v) is 16.5. The molecule has 1 aromatic heterocycles. The Bertz CT molecular complexity index is 764. The standard InChI is InChI=1S/C22H30N2O3/c1-14(2)11-21(25)17-5-4-6-19(12-17)26-18-9-7-16(8-10-18)22-20(13-23)15(3)24-27-22/h7-10,14,17,19H,4-6,11-13,23H2,1-3H3/t17-,19?/m0/s1. The Hall–Kier alpha value is -2.14. The molecule has 1 unspecified atom stereocenters. The molecule has 0 radical (unpaired) electrons. The molecule has 2 atom stereocenters. The molecule has 0 aliphatic heterocycles. The third-order valence-corrected chi connectivity index (χ3v) is 5.30. The maximum atomic E-state index is 12.4. The maximum Gasteiger partial charge on any atom is 0.171 e. The lowest BCUT2D eigenvalue weighted by Crippen LogP contribution is -2.30. The van der Waals surface area contributed by atoms with Crippen LogP contribution in [-0.4, -0.2) is 17.0 Å². The fraction of sp³-hybridized carbons (Fsp3) is 0.545. The monoisotopic (exact) mass is 370 g/mol. The summed E-state index contributed by atoms with van der Waals surface area (Å²) in [7, 11) is 0. The van der Waals surface area contributed by atoms with Crippen LogP contribution in [0.1, 0.15) is 57.2 Å². The van der Waals surface area contributed by atoms with Crippen molar-refractivity contribution in [2.24, 2.45) is 17.6 Å². The second-order valence-electron chi connectivity index (χ2n) is 7.97. The summed E-state index contributed by atoms with van der Waals surface area (Å²) >= 11 is 0. The van der Waals surface area contributed by atoms with Crippen molar-refractivity contribution in [3.05, 3.63) is 35.5 Å². The van der Waals surface area contributed by atoms with Gasteiger partial charge in [0.15, 0.2) is 5.76 Å². The lowest BCUT2D eigenvalue weighted by molar-refractivity contribution is -0.125. The summed E-state index contributed by atoms with van der Waals surface area (Å²) in [6.07, 6.45) is 4.66. The molecule has 5 heteroatoms. The van der Waals surface area contributed by atoms with Gasteiger partial charge in [-0.2, -0.15) is 0 Å². The van der Waals surface area contributed by atoms with Crippen molar-refractivity contribution < 1.29 is 14.1 Å². The highest BCUT2D eigenvalue weighted by Gasteiger charge is 2.28. The SMILES string of the molecule is Cc1noc(-c2ccc(OC3CCC[C@H](C(=O)CC(C)C)C3)cc2)c1CN. The number of hydrogen-bond acceptors (Lipinski definition) is 5. The molecular formula is C22H30N2O3. The fourth-order valence-corrected chi connectivity index (χ4v) is 3.85. The Balaban J connectivity index is 1.63. The second-order valence-corrected chi connectivity index (χ2v) is 7.97. The largest absolute Gasteiger partial charge is 0.490 e. The maximum absolute atomic E-state index is 12.4. The summed E-state index contributed by atoms with van der Waals surface area (Å²) < 4.78 is 11.6. The number of carbonyl (C=O) groups is 1. The number of nitrogens with zero attached hydrogens (tertiary/aromatic N) is 1. The highest BCUT2D eigenvalue weighted by atomic mass is 16.5. The van der Waals surface area contributed by atoms with Crippen LogP contribution in [0.4, 0.5) is 0 Å². The summed E-state index contributed by atoms with van der Waals surface area (Å²) in [6, 6.07) is 7.84. The summed E-state index contributed by atoms with van der Waals surface area (Å²) in [5.41, 5.74) is 8.50. The van der Waals surface area contributed by atoms with Crippen LogP contribution < -0.4 is 10.5 Å². The summed E-state index contributed by atoms with van der Waals surface area (Å²) in [6.45, 7) is 6.49. The molecule has 2 N–H and O–H groups in total. The number of Topliss-reactive ketones (excluding diaryl/α,β-unsaturated/α-hetero) is 1. The first kappa shape index (κ1) is 19.6. The predicted molar refractivity (Wildman–Crippen MR) is 105 cm³/mol. The Morgan fingerprint density at radius 3 is 2.70 bits per heavy atom. The van der Waals surface area contributed by atoms with E-state index in [1.807, 2.05) is 31.2 Å². The topological polar surface area (TPSA) is 78.4 Å². The quantitative estimate of drug-likeness (QED) is 0.767. The number of hydrogen-bond donors (Lipinski definition) is 1. The van der Waals surface area contributed by atoms with Crippen LogP contribution in [0, 0.1) is 18.8 Å². The van der Waals surface area contributed by atoms with E-state index in [2.05, 4.69) is 19.0 Å². The molecule has 27 heavy (non-hydrogen) atoms. The molecule has 0 spiro atoms. The Morgan fingerprint density at radius 2 is 2.04 bits per heavy atom. The van der Waals surface area contributed by atoms with Gasteiger partial charge in [-0.15, -0.1) is 0 Å². The third-order valence-electron chi connectivity index (χ3n) is 5.30. The first-order chi connectivity index (χ1) is 13.0. The van der Waals surface area contributed by atoms with E-state index in [1.165, 1.54) is 0 Å². The molecule has 5 nitrogen and oxygen atoms in total.